The first-order valence-corrected chi connectivity index (χ1v) is 6.82. The molecule has 1 aromatic carbocycles. The van der Waals surface area contributed by atoms with Crippen LogP contribution < -0.4 is 5.32 Å². The number of hydrogen-bond acceptors (Lipinski definition) is 1. The highest BCUT2D eigenvalue weighted by molar-refractivity contribution is 6.30. The van der Waals surface area contributed by atoms with Gasteiger partial charge in [-0.2, -0.15) is 0 Å². The van der Waals surface area contributed by atoms with Gasteiger partial charge in [0.15, 0.2) is 0 Å². The Morgan fingerprint density at radius 2 is 1.88 bits per heavy atom. The Hall–Kier alpha value is -0.760. The first kappa shape index (κ1) is 12.7. The molecule has 0 aromatic heterocycles. The standard InChI is InChI=1S/C14H19ClFN/c15-12-7-8-14(13(16)9-12)17-10-11-5-3-1-2-4-6-11/h7-9,11,17H,1-6,10H2. The van der Waals surface area contributed by atoms with Crippen LogP contribution in [0.4, 0.5) is 10.1 Å². The summed E-state index contributed by atoms with van der Waals surface area (Å²) in [5.41, 5.74) is 0.568. The predicted molar refractivity (Wildman–Crippen MR) is 71.1 cm³/mol. The van der Waals surface area contributed by atoms with Crippen LogP contribution in [0.1, 0.15) is 38.5 Å². The van der Waals surface area contributed by atoms with E-state index < -0.39 is 0 Å². The summed E-state index contributed by atoms with van der Waals surface area (Å²) in [6.07, 6.45) is 7.87. The molecule has 0 saturated heterocycles. The van der Waals surface area contributed by atoms with Crippen molar-refractivity contribution in [3.05, 3.63) is 29.0 Å². The molecular formula is C14H19ClFN. The highest BCUT2D eigenvalue weighted by Gasteiger charge is 2.12. The minimum Gasteiger partial charge on any atom is -0.382 e. The Morgan fingerprint density at radius 1 is 1.18 bits per heavy atom. The van der Waals surface area contributed by atoms with Crippen LogP contribution >= 0.6 is 11.6 Å². The van der Waals surface area contributed by atoms with Crippen molar-refractivity contribution in [3.63, 3.8) is 0 Å². The minimum atomic E-state index is -0.258. The van der Waals surface area contributed by atoms with E-state index in [4.69, 9.17) is 11.6 Å². The van der Waals surface area contributed by atoms with Gasteiger partial charge in [0.25, 0.3) is 0 Å². The molecule has 0 unspecified atom stereocenters. The first-order chi connectivity index (χ1) is 8.25. The van der Waals surface area contributed by atoms with Crippen LogP contribution in [-0.2, 0) is 0 Å². The fourth-order valence-electron chi connectivity index (χ4n) is 2.46. The zero-order chi connectivity index (χ0) is 12.1. The number of halogens is 2. The predicted octanol–water partition coefficient (Wildman–Crippen LogP) is 4.86. The summed E-state index contributed by atoms with van der Waals surface area (Å²) >= 11 is 5.72. The molecule has 0 atom stereocenters. The zero-order valence-electron chi connectivity index (χ0n) is 10.0. The zero-order valence-corrected chi connectivity index (χ0v) is 10.8. The van der Waals surface area contributed by atoms with E-state index in [-0.39, 0.29) is 5.82 Å². The van der Waals surface area contributed by atoms with Crippen LogP contribution in [0.5, 0.6) is 0 Å². The lowest BCUT2D eigenvalue weighted by molar-refractivity contribution is 0.482. The third-order valence-electron chi connectivity index (χ3n) is 3.49. The summed E-state index contributed by atoms with van der Waals surface area (Å²) in [5, 5.41) is 3.65. The molecule has 0 heterocycles. The molecule has 0 amide bonds. The van der Waals surface area contributed by atoms with Crippen LogP contribution in [0, 0.1) is 11.7 Å². The van der Waals surface area contributed by atoms with Crippen LogP contribution in [-0.4, -0.2) is 6.54 Å². The average molecular weight is 256 g/mol. The van der Waals surface area contributed by atoms with Crippen molar-refractivity contribution in [1.82, 2.24) is 0 Å². The van der Waals surface area contributed by atoms with E-state index in [1.165, 1.54) is 44.6 Å². The van der Waals surface area contributed by atoms with Crippen LogP contribution in [0.3, 0.4) is 0 Å². The molecule has 1 aromatic rings. The van der Waals surface area contributed by atoms with Gasteiger partial charge >= 0.3 is 0 Å². The Kier molecular flexibility index (Phi) is 4.66. The molecule has 3 heteroatoms. The highest BCUT2D eigenvalue weighted by Crippen LogP contribution is 2.24. The fraction of sp³-hybridized carbons (Fsp3) is 0.571. The van der Waals surface area contributed by atoms with Gasteiger partial charge in [-0.1, -0.05) is 37.3 Å². The van der Waals surface area contributed by atoms with Crippen molar-refractivity contribution in [3.8, 4) is 0 Å². The van der Waals surface area contributed by atoms with Gasteiger partial charge in [0, 0.05) is 11.6 Å². The molecule has 0 spiro atoms. The monoisotopic (exact) mass is 255 g/mol. The van der Waals surface area contributed by atoms with Gasteiger partial charge < -0.3 is 5.32 Å². The second-order valence-corrected chi connectivity index (χ2v) is 5.30. The lowest BCUT2D eigenvalue weighted by atomic mass is 10.0. The van der Waals surface area contributed by atoms with E-state index in [0.717, 1.165) is 6.54 Å². The molecule has 1 N–H and O–H groups in total. The summed E-state index contributed by atoms with van der Waals surface area (Å²) in [5.74, 6) is 0.429. The van der Waals surface area contributed by atoms with Gasteiger partial charge in [-0.25, -0.2) is 4.39 Å². The highest BCUT2D eigenvalue weighted by atomic mass is 35.5. The van der Waals surface area contributed by atoms with E-state index in [9.17, 15) is 4.39 Å². The molecule has 94 valence electrons. The molecule has 2 rings (SSSR count). The van der Waals surface area contributed by atoms with E-state index in [1.54, 1.807) is 12.1 Å². The summed E-state index contributed by atoms with van der Waals surface area (Å²) < 4.78 is 13.5. The maximum Gasteiger partial charge on any atom is 0.147 e. The van der Waals surface area contributed by atoms with Crippen LogP contribution in [0.2, 0.25) is 5.02 Å². The molecule has 0 aliphatic heterocycles. The lowest BCUT2D eigenvalue weighted by Crippen LogP contribution is -2.14. The number of rotatable bonds is 3. The maximum atomic E-state index is 13.5. The van der Waals surface area contributed by atoms with Gasteiger partial charge in [-0.05, 0) is 37.0 Å². The van der Waals surface area contributed by atoms with E-state index in [1.807, 2.05) is 0 Å². The molecule has 0 radical (unpaired) electrons. The second-order valence-electron chi connectivity index (χ2n) is 4.86. The van der Waals surface area contributed by atoms with Gasteiger partial charge in [-0.3, -0.25) is 0 Å². The average Bonchev–Trinajstić information content (AvgIpc) is 2.56. The number of nitrogens with one attached hydrogen (secondary N) is 1. The first-order valence-electron chi connectivity index (χ1n) is 6.44. The summed E-state index contributed by atoms with van der Waals surface area (Å²) in [6, 6.07) is 4.80. The third kappa shape index (κ3) is 3.88. The Bertz CT molecular complexity index is 359. The molecule has 1 nitrogen and oxygen atoms in total. The van der Waals surface area contributed by atoms with Crippen molar-refractivity contribution in [2.45, 2.75) is 38.5 Å². The minimum absolute atomic E-state index is 0.258. The van der Waals surface area contributed by atoms with Crippen LogP contribution in [0.25, 0.3) is 0 Å². The topological polar surface area (TPSA) is 12.0 Å². The van der Waals surface area contributed by atoms with Crippen LogP contribution in [0.15, 0.2) is 18.2 Å². The van der Waals surface area contributed by atoms with Gasteiger partial charge in [0.2, 0.25) is 0 Å². The third-order valence-corrected chi connectivity index (χ3v) is 3.72. The summed E-state index contributed by atoms with van der Waals surface area (Å²) in [7, 11) is 0. The van der Waals surface area contributed by atoms with Crippen molar-refractivity contribution in [1.29, 1.82) is 0 Å². The molecule has 1 aliphatic carbocycles. The van der Waals surface area contributed by atoms with Gasteiger partial charge in [-0.15, -0.1) is 0 Å². The summed E-state index contributed by atoms with van der Waals surface area (Å²) in [6.45, 7) is 0.874. The molecule has 1 fully saturated rings. The van der Waals surface area contributed by atoms with Crippen molar-refractivity contribution in [2.24, 2.45) is 5.92 Å². The largest absolute Gasteiger partial charge is 0.382 e. The number of benzene rings is 1. The number of hydrogen-bond donors (Lipinski definition) is 1. The molecule has 17 heavy (non-hydrogen) atoms. The molecular weight excluding hydrogens is 237 g/mol. The molecule has 0 bridgehead atoms. The van der Waals surface area contributed by atoms with Crippen molar-refractivity contribution in [2.75, 3.05) is 11.9 Å². The normalized spacial score (nSPS) is 17.8. The van der Waals surface area contributed by atoms with E-state index in [2.05, 4.69) is 5.32 Å². The van der Waals surface area contributed by atoms with Crippen molar-refractivity contribution < 1.29 is 4.39 Å². The lowest BCUT2D eigenvalue weighted by Gasteiger charge is -2.16. The molecule has 1 saturated carbocycles. The van der Waals surface area contributed by atoms with Crippen molar-refractivity contribution >= 4 is 17.3 Å². The Balaban J connectivity index is 1.88. The summed E-state index contributed by atoms with van der Waals surface area (Å²) in [4.78, 5) is 0. The Labute approximate surface area is 107 Å². The Morgan fingerprint density at radius 3 is 2.53 bits per heavy atom. The fourth-order valence-corrected chi connectivity index (χ4v) is 2.61. The van der Waals surface area contributed by atoms with Gasteiger partial charge in [0.1, 0.15) is 5.82 Å². The van der Waals surface area contributed by atoms with Gasteiger partial charge in [0.05, 0.1) is 5.69 Å². The molecule has 1 aliphatic rings. The maximum absolute atomic E-state index is 13.5. The second kappa shape index (κ2) is 6.25. The van der Waals surface area contributed by atoms with E-state index in [0.29, 0.717) is 16.6 Å². The SMILES string of the molecule is Fc1cc(Cl)ccc1NCC1CCCCCC1. The number of anilines is 1. The van der Waals surface area contributed by atoms with E-state index >= 15 is 0 Å². The quantitative estimate of drug-likeness (QED) is 0.761. The smallest absolute Gasteiger partial charge is 0.147 e.